The minimum absolute atomic E-state index is 0.721. The van der Waals surface area contributed by atoms with Crippen LogP contribution in [-0.2, 0) is 0 Å². The summed E-state index contributed by atoms with van der Waals surface area (Å²) in [7, 11) is 1.85. The first-order chi connectivity index (χ1) is 7.15. The number of thiocarbonyl (C=S) groups is 1. The monoisotopic (exact) mass is 229 g/mol. The normalized spacial score (nSPS) is 27.4. The molecule has 1 aliphatic rings. The molecule has 0 saturated carbocycles. The van der Waals surface area contributed by atoms with Crippen LogP contribution in [-0.4, -0.2) is 42.2 Å². The van der Waals surface area contributed by atoms with Crippen LogP contribution >= 0.6 is 12.2 Å². The molecule has 15 heavy (non-hydrogen) atoms. The van der Waals surface area contributed by atoms with E-state index < -0.39 is 0 Å². The van der Waals surface area contributed by atoms with Crippen LogP contribution in [0.4, 0.5) is 0 Å². The molecular formula is C11H23N3S. The Morgan fingerprint density at radius 1 is 1.33 bits per heavy atom. The SMILES string of the molecule is CNC(=S)NCCN1C(C)CCCC1C. The van der Waals surface area contributed by atoms with Crippen molar-refractivity contribution >= 4 is 17.3 Å². The molecule has 88 valence electrons. The van der Waals surface area contributed by atoms with Crippen molar-refractivity contribution in [2.24, 2.45) is 0 Å². The molecule has 2 atom stereocenters. The summed E-state index contributed by atoms with van der Waals surface area (Å²) in [6.45, 7) is 6.68. The molecule has 1 aliphatic heterocycles. The first-order valence-electron chi connectivity index (χ1n) is 5.86. The Kier molecular flexibility index (Phi) is 5.32. The molecule has 0 bridgehead atoms. The van der Waals surface area contributed by atoms with E-state index in [1.807, 2.05) is 7.05 Å². The minimum atomic E-state index is 0.721. The molecule has 2 N–H and O–H groups in total. The number of nitrogens with one attached hydrogen (secondary N) is 2. The van der Waals surface area contributed by atoms with E-state index in [-0.39, 0.29) is 0 Å². The Balaban J connectivity index is 2.26. The number of hydrogen-bond donors (Lipinski definition) is 2. The van der Waals surface area contributed by atoms with Crippen LogP contribution in [0, 0.1) is 0 Å². The van der Waals surface area contributed by atoms with Gasteiger partial charge in [-0.1, -0.05) is 6.42 Å². The van der Waals surface area contributed by atoms with Crippen LogP contribution in [0.1, 0.15) is 33.1 Å². The number of nitrogens with zero attached hydrogens (tertiary/aromatic N) is 1. The largest absolute Gasteiger partial charge is 0.366 e. The van der Waals surface area contributed by atoms with Crippen LogP contribution in [0.15, 0.2) is 0 Å². The van der Waals surface area contributed by atoms with Crippen LogP contribution in [0.5, 0.6) is 0 Å². The van der Waals surface area contributed by atoms with Crippen molar-refractivity contribution in [2.75, 3.05) is 20.1 Å². The topological polar surface area (TPSA) is 27.3 Å². The zero-order valence-corrected chi connectivity index (χ0v) is 10.9. The number of piperidine rings is 1. The van der Waals surface area contributed by atoms with Crippen molar-refractivity contribution in [1.29, 1.82) is 0 Å². The molecule has 0 spiro atoms. The van der Waals surface area contributed by atoms with E-state index in [1.165, 1.54) is 19.3 Å². The molecule has 2 unspecified atom stereocenters. The lowest BCUT2D eigenvalue weighted by Crippen LogP contribution is -2.47. The van der Waals surface area contributed by atoms with Gasteiger partial charge >= 0.3 is 0 Å². The van der Waals surface area contributed by atoms with Crippen LogP contribution in [0.2, 0.25) is 0 Å². The van der Waals surface area contributed by atoms with Gasteiger partial charge in [-0.3, -0.25) is 4.90 Å². The molecule has 1 heterocycles. The van der Waals surface area contributed by atoms with Gasteiger partial charge < -0.3 is 10.6 Å². The fourth-order valence-corrected chi connectivity index (χ4v) is 2.40. The van der Waals surface area contributed by atoms with Crippen LogP contribution in [0.3, 0.4) is 0 Å². The third kappa shape index (κ3) is 3.95. The van der Waals surface area contributed by atoms with Gasteiger partial charge in [0.25, 0.3) is 0 Å². The highest BCUT2D eigenvalue weighted by atomic mass is 32.1. The standard InChI is InChI=1S/C11H23N3S/c1-9-5-4-6-10(2)14(9)8-7-13-11(15)12-3/h9-10H,4-8H2,1-3H3,(H2,12,13,15). The zero-order valence-electron chi connectivity index (χ0n) is 10.0. The van der Waals surface area contributed by atoms with Gasteiger partial charge in [0.1, 0.15) is 0 Å². The van der Waals surface area contributed by atoms with Crippen molar-refractivity contribution < 1.29 is 0 Å². The van der Waals surface area contributed by atoms with Crippen molar-refractivity contribution in [3.63, 3.8) is 0 Å². The molecule has 0 aromatic rings. The molecular weight excluding hydrogens is 206 g/mol. The lowest BCUT2D eigenvalue weighted by molar-refractivity contribution is 0.106. The predicted molar refractivity (Wildman–Crippen MR) is 69.1 cm³/mol. The molecule has 0 aromatic carbocycles. The Morgan fingerprint density at radius 2 is 1.93 bits per heavy atom. The minimum Gasteiger partial charge on any atom is -0.366 e. The molecule has 0 radical (unpaired) electrons. The summed E-state index contributed by atoms with van der Waals surface area (Å²) >= 11 is 5.04. The van der Waals surface area contributed by atoms with E-state index in [9.17, 15) is 0 Å². The van der Waals surface area contributed by atoms with E-state index in [0.717, 1.165) is 30.3 Å². The first-order valence-corrected chi connectivity index (χ1v) is 6.27. The van der Waals surface area contributed by atoms with E-state index in [0.29, 0.717) is 0 Å². The fraction of sp³-hybridized carbons (Fsp3) is 0.909. The second-order valence-corrected chi connectivity index (χ2v) is 4.78. The molecule has 4 heteroatoms. The van der Waals surface area contributed by atoms with E-state index in [4.69, 9.17) is 12.2 Å². The summed E-state index contributed by atoms with van der Waals surface area (Å²) in [6.07, 6.45) is 4.04. The van der Waals surface area contributed by atoms with Gasteiger partial charge in [-0.2, -0.15) is 0 Å². The smallest absolute Gasteiger partial charge is 0.166 e. The summed E-state index contributed by atoms with van der Waals surface area (Å²) < 4.78 is 0. The highest BCUT2D eigenvalue weighted by Gasteiger charge is 2.23. The van der Waals surface area contributed by atoms with Gasteiger partial charge in [0.15, 0.2) is 5.11 Å². The molecule has 0 aliphatic carbocycles. The Labute approximate surface area is 98.6 Å². The average Bonchev–Trinajstić information content (AvgIpc) is 2.22. The summed E-state index contributed by atoms with van der Waals surface area (Å²) in [6, 6.07) is 1.44. The Morgan fingerprint density at radius 3 is 2.47 bits per heavy atom. The zero-order chi connectivity index (χ0) is 11.3. The van der Waals surface area contributed by atoms with Crippen LogP contribution in [0.25, 0.3) is 0 Å². The third-order valence-electron chi connectivity index (χ3n) is 3.26. The lowest BCUT2D eigenvalue weighted by atomic mass is 9.98. The van der Waals surface area contributed by atoms with E-state index in [1.54, 1.807) is 0 Å². The van der Waals surface area contributed by atoms with E-state index >= 15 is 0 Å². The Bertz CT molecular complexity index is 198. The number of rotatable bonds is 3. The predicted octanol–water partition coefficient (Wildman–Crippen LogP) is 1.34. The van der Waals surface area contributed by atoms with Crippen LogP contribution < -0.4 is 10.6 Å². The molecule has 0 aromatic heterocycles. The van der Waals surface area contributed by atoms with Gasteiger partial charge in [-0.05, 0) is 38.9 Å². The van der Waals surface area contributed by atoms with E-state index in [2.05, 4.69) is 29.4 Å². The summed E-state index contributed by atoms with van der Waals surface area (Å²) in [4.78, 5) is 2.58. The maximum Gasteiger partial charge on any atom is 0.166 e. The highest BCUT2D eigenvalue weighted by Crippen LogP contribution is 2.21. The van der Waals surface area contributed by atoms with Gasteiger partial charge in [0, 0.05) is 32.2 Å². The summed E-state index contributed by atoms with van der Waals surface area (Å²) in [5, 5.41) is 6.87. The quantitative estimate of drug-likeness (QED) is 0.714. The summed E-state index contributed by atoms with van der Waals surface area (Å²) in [5.74, 6) is 0. The fourth-order valence-electron chi connectivity index (χ4n) is 2.30. The van der Waals surface area contributed by atoms with Crippen molar-refractivity contribution in [3.8, 4) is 0 Å². The number of likely N-dealkylation sites (tertiary alicyclic amines) is 1. The van der Waals surface area contributed by atoms with Gasteiger partial charge in [0.05, 0.1) is 0 Å². The molecule has 0 amide bonds. The molecule has 1 saturated heterocycles. The average molecular weight is 229 g/mol. The molecule has 1 fully saturated rings. The third-order valence-corrected chi connectivity index (χ3v) is 3.61. The first kappa shape index (κ1) is 12.7. The maximum absolute atomic E-state index is 5.04. The molecule has 3 nitrogen and oxygen atoms in total. The van der Waals surface area contributed by atoms with Gasteiger partial charge in [0.2, 0.25) is 0 Å². The second kappa shape index (κ2) is 6.28. The van der Waals surface area contributed by atoms with Gasteiger partial charge in [-0.25, -0.2) is 0 Å². The molecule has 1 rings (SSSR count). The maximum atomic E-state index is 5.04. The summed E-state index contributed by atoms with van der Waals surface area (Å²) in [5.41, 5.74) is 0. The van der Waals surface area contributed by atoms with Crippen molar-refractivity contribution in [2.45, 2.75) is 45.2 Å². The lowest BCUT2D eigenvalue weighted by Gasteiger charge is -2.39. The Hall–Kier alpha value is -0.350. The van der Waals surface area contributed by atoms with Crippen molar-refractivity contribution in [1.82, 2.24) is 15.5 Å². The number of hydrogen-bond acceptors (Lipinski definition) is 2. The van der Waals surface area contributed by atoms with Crippen molar-refractivity contribution in [3.05, 3.63) is 0 Å². The highest BCUT2D eigenvalue weighted by molar-refractivity contribution is 7.80. The van der Waals surface area contributed by atoms with Gasteiger partial charge in [-0.15, -0.1) is 0 Å². The second-order valence-electron chi connectivity index (χ2n) is 4.37.